The molecule has 0 bridgehead atoms. The third kappa shape index (κ3) is 3.35. The zero-order valence-corrected chi connectivity index (χ0v) is 9.58. The van der Waals surface area contributed by atoms with E-state index in [0.717, 1.165) is 11.1 Å². The van der Waals surface area contributed by atoms with Gasteiger partial charge >= 0.3 is 0 Å². The van der Waals surface area contributed by atoms with Gasteiger partial charge < -0.3 is 5.73 Å². The summed E-state index contributed by atoms with van der Waals surface area (Å²) in [5.41, 5.74) is 7.79. The molecule has 0 unspecified atom stereocenters. The molecular formula is C12H18N2O. The minimum Gasteiger partial charge on any atom is -0.383 e. The Balaban J connectivity index is 2.65. The molecule has 0 fully saturated rings. The molecule has 2 N–H and O–H groups in total. The van der Waals surface area contributed by atoms with Crippen molar-refractivity contribution in [2.75, 3.05) is 5.73 Å². The van der Waals surface area contributed by atoms with Crippen LogP contribution in [0.2, 0.25) is 0 Å². The van der Waals surface area contributed by atoms with Gasteiger partial charge in [-0.05, 0) is 24.5 Å². The van der Waals surface area contributed by atoms with Gasteiger partial charge in [-0.2, -0.15) is 0 Å². The van der Waals surface area contributed by atoms with Crippen LogP contribution >= 0.6 is 0 Å². The van der Waals surface area contributed by atoms with Crippen LogP contribution in [0.4, 0.5) is 5.82 Å². The molecule has 3 nitrogen and oxygen atoms in total. The Morgan fingerprint density at radius 2 is 2.20 bits per heavy atom. The maximum Gasteiger partial charge on any atom is 0.135 e. The molecule has 1 aromatic rings. The van der Waals surface area contributed by atoms with Gasteiger partial charge in [0.2, 0.25) is 0 Å². The molecule has 0 spiro atoms. The fourth-order valence-electron chi connectivity index (χ4n) is 1.39. The number of hydrogen-bond acceptors (Lipinski definition) is 3. The SMILES string of the molecule is Cc1cnc(N)c(CCC(=O)C(C)C)c1. The first-order chi connectivity index (χ1) is 7.00. The first-order valence-corrected chi connectivity index (χ1v) is 5.24. The van der Waals surface area contributed by atoms with Gasteiger partial charge in [0, 0.05) is 18.5 Å². The van der Waals surface area contributed by atoms with Gasteiger partial charge in [-0.25, -0.2) is 4.98 Å². The Labute approximate surface area is 90.7 Å². The third-order valence-corrected chi connectivity index (χ3v) is 2.42. The van der Waals surface area contributed by atoms with E-state index in [2.05, 4.69) is 4.98 Å². The van der Waals surface area contributed by atoms with Gasteiger partial charge in [0.1, 0.15) is 11.6 Å². The minimum atomic E-state index is 0.101. The number of nitrogens with two attached hydrogens (primary N) is 1. The van der Waals surface area contributed by atoms with Crippen molar-refractivity contribution in [2.24, 2.45) is 5.92 Å². The van der Waals surface area contributed by atoms with E-state index in [9.17, 15) is 4.79 Å². The number of hydrogen-bond donors (Lipinski definition) is 1. The summed E-state index contributed by atoms with van der Waals surface area (Å²) in [5, 5.41) is 0. The summed E-state index contributed by atoms with van der Waals surface area (Å²) in [5.74, 6) is 0.914. The quantitative estimate of drug-likeness (QED) is 0.821. The molecule has 0 saturated heterocycles. The summed E-state index contributed by atoms with van der Waals surface area (Å²) >= 11 is 0. The Bertz CT molecular complexity index is 359. The van der Waals surface area contributed by atoms with E-state index < -0.39 is 0 Å². The molecule has 0 amide bonds. The monoisotopic (exact) mass is 206 g/mol. The molecule has 0 aliphatic carbocycles. The standard InChI is InChI=1S/C12H18N2O/c1-8(2)11(15)5-4-10-6-9(3)7-14-12(10)13/h6-8H,4-5H2,1-3H3,(H2,13,14). The van der Waals surface area contributed by atoms with Gasteiger partial charge in [0.15, 0.2) is 0 Å². The Morgan fingerprint density at radius 1 is 1.53 bits per heavy atom. The Morgan fingerprint density at radius 3 is 2.80 bits per heavy atom. The highest BCUT2D eigenvalue weighted by Crippen LogP contribution is 2.13. The number of pyridine rings is 1. The molecular weight excluding hydrogens is 188 g/mol. The highest BCUT2D eigenvalue weighted by atomic mass is 16.1. The highest BCUT2D eigenvalue weighted by molar-refractivity contribution is 5.80. The molecule has 0 aliphatic rings. The number of nitrogen functional groups attached to an aromatic ring is 1. The molecule has 1 rings (SSSR count). The van der Waals surface area contributed by atoms with Crippen molar-refractivity contribution in [1.29, 1.82) is 0 Å². The molecule has 3 heteroatoms. The minimum absolute atomic E-state index is 0.101. The molecule has 1 heterocycles. The number of carbonyl (C=O) groups is 1. The van der Waals surface area contributed by atoms with Crippen molar-refractivity contribution in [1.82, 2.24) is 4.98 Å². The van der Waals surface area contributed by atoms with Crippen LogP contribution in [0.1, 0.15) is 31.4 Å². The zero-order valence-electron chi connectivity index (χ0n) is 9.58. The summed E-state index contributed by atoms with van der Waals surface area (Å²) in [7, 11) is 0. The van der Waals surface area contributed by atoms with Crippen molar-refractivity contribution in [2.45, 2.75) is 33.6 Å². The van der Waals surface area contributed by atoms with E-state index in [1.807, 2.05) is 26.8 Å². The lowest BCUT2D eigenvalue weighted by Crippen LogP contribution is -2.09. The summed E-state index contributed by atoms with van der Waals surface area (Å²) < 4.78 is 0. The van der Waals surface area contributed by atoms with Crippen molar-refractivity contribution in [3.8, 4) is 0 Å². The van der Waals surface area contributed by atoms with Gasteiger partial charge in [0.05, 0.1) is 0 Å². The van der Waals surface area contributed by atoms with E-state index in [0.29, 0.717) is 18.7 Å². The lowest BCUT2D eigenvalue weighted by Gasteiger charge is -2.06. The van der Waals surface area contributed by atoms with E-state index in [4.69, 9.17) is 5.73 Å². The van der Waals surface area contributed by atoms with Crippen LogP contribution < -0.4 is 5.73 Å². The van der Waals surface area contributed by atoms with Crippen LogP contribution in [0, 0.1) is 12.8 Å². The fourth-order valence-corrected chi connectivity index (χ4v) is 1.39. The van der Waals surface area contributed by atoms with Gasteiger partial charge in [-0.3, -0.25) is 4.79 Å². The maximum atomic E-state index is 11.5. The highest BCUT2D eigenvalue weighted by Gasteiger charge is 2.09. The predicted octanol–water partition coefficient (Wildman–Crippen LogP) is 2.13. The number of Topliss-reactive ketones (excluding diaryl/α,β-unsaturated/α-hetero) is 1. The van der Waals surface area contributed by atoms with Crippen molar-refractivity contribution in [3.63, 3.8) is 0 Å². The first kappa shape index (κ1) is 11.7. The van der Waals surface area contributed by atoms with Crippen LogP contribution in [0.5, 0.6) is 0 Å². The number of ketones is 1. The molecule has 0 aromatic carbocycles. The average Bonchev–Trinajstić information content (AvgIpc) is 2.18. The molecule has 0 aliphatic heterocycles. The molecule has 82 valence electrons. The van der Waals surface area contributed by atoms with Crippen molar-refractivity contribution < 1.29 is 4.79 Å². The maximum absolute atomic E-state index is 11.5. The molecule has 0 saturated carbocycles. The normalized spacial score (nSPS) is 10.7. The summed E-state index contributed by atoms with van der Waals surface area (Å²) in [4.78, 5) is 15.5. The fraction of sp³-hybridized carbons (Fsp3) is 0.500. The number of rotatable bonds is 4. The van der Waals surface area contributed by atoms with E-state index >= 15 is 0 Å². The van der Waals surface area contributed by atoms with Crippen molar-refractivity contribution >= 4 is 11.6 Å². The van der Waals surface area contributed by atoms with E-state index in [1.54, 1.807) is 6.20 Å². The molecule has 15 heavy (non-hydrogen) atoms. The first-order valence-electron chi connectivity index (χ1n) is 5.24. The third-order valence-electron chi connectivity index (χ3n) is 2.42. The Hall–Kier alpha value is -1.38. The predicted molar refractivity (Wildman–Crippen MR) is 61.6 cm³/mol. The summed E-state index contributed by atoms with van der Waals surface area (Å²) in [6, 6.07) is 2.00. The van der Waals surface area contributed by atoms with Gasteiger partial charge in [-0.1, -0.05) is 19.9 Å². The van der Waals surface area contributed by atoms with Crippen LogP contribution in [0.15, 0.2) is 12.3 Å². The lowest BCUT2D eigenvalue weighted by atomic mass is 10.0. The largest absolute Gasteiger partial charge is 0.383 e. The molecule has 0 radical (unpaired) electrons. The number of aryl methyl sites for hydroxylation is 2. The van der Waals surface area contributed by atoms with Crippen LogP contribution in [-0.4, -0.2) is 10.8 Å². The van der Waals surface area contributed by atoms with Crippen molar-refractivity contribution in [3.05, 3.63) is 23.4 Å². The average molecular weight is 206 g/mol. The molecule has 0 atom stereocenters. The topological polar surface area (TPSA) is 56.0 Å². The molecule has 1 aromatic heterocycles. The lowest BCUT2D eigenvalue weighted by molar-refractivity contribution is -0.121. The number of aromatic nitrogens is 1. The second kappa shape index (κ2) is 4.91. The number of nitrogens with zero attached hydrogens (tertiary/aromatic N) is 1. The van der Waals surface area contributed by atoms with Gasteiger partial charge in [0.25, 0.3) is 0 Å². The zero-order chi connectivity index (χ0) is 11.4. The number of anilines is 1. The van der Waals surface area contributed by atoms with Crippen LogP contribution in [0.3, 0.4) is 0 Å². The number of carbonyl (C=O) groups excluding carboxylic acids is 1. The Kier molecular flexibility index (Phi) is 3.83. The summed E-state index contributed by atoms with van der Waals surface area (Å²) in [6.07, 6.45) is 2.98. The smallest absolute Gasteiger partial charge is 0.135 e. The second-order valence-electron chi connectivity index (χ2n) is 4.18. The van der Waals surface area contributed by atoms with E-state index in [1.165, 1.54) is 0 Å². The van der Waals surface area contributed by atoms with Gasteiger partial charge in [-0.15, -0.1) is 0 Å². The second-order valence-corrected chi connectivity index (χ2v) is 4.18. The van der Waals surface area contributed by atoms with E-state index in [-0.39, 0.29) is 11.7 Å². The van der Waals surface area contributed by atoms with Crippen LogP contribution in [0.25, 0.3) is 0 Å². The summed E-state index contributed by atoms with van der Waals surface area (Å²) in [6.45, 7) is 5.81. The van der Waals surface area contributed by atoms with Crippen LogP contribution in [-0.2, 0) is 11.2 Å².